The number of allylic oxidation sites excluding steroid dienone is 4. The zero-order chi connectivity index (χ0) is 31.8. The van der Waals surface area contributed by atoms with Gasteiger partial charge in [-0.1, -0.05) is 54.1 Å². The summed E-state index contributed by atoms with van der Waals surface area (Å²) in [7, 11) is -3.51. The second kappa shape index (κ2) is 14.3. The van der Waals surface area contributed by atoms with E-state index >= 15 is 0 Å². The fraction of sp³-hybridized carbons (Fsp3) is 0.176. The van der Waals surface area contributed by atoms with Crippen LogP contribution >= 0.6 is 11.6 Å². The van der Waals surface area contributed by atoms with Crippen molar-refractivity contribution in [2.75, 3.05) is 24.3 Å². The molecule has 0 radical (unpaired) electrons. The van der Waals surface area contributed by atoms with E-state index in [2.05, 4.69) is 22.8 Å². The predicted molar refractivity (Wildman–Crippen MR) is 173 cm³/mol. The van der Waals surface area contributed by atoms with E-state index in [4.69, 9.17) is 26.2 Å². The second-order valence-corrected chi connectivity index (χ2v) is 12.9. The van der Waals surface area contributed by atoms with E-state index in [0.717, 1.165) is 11.3 Å². The molecule has 3 aromatic rings. The van der Waals surface area contributed by atoms with E-state index in [1.807, 2.05) is 24.3 Å². The van der Waals surface area contributed by atoms with Gasteiger partial charge in [0.05, 0.1) is 22.4 Å². The molecule has 9 nitrogen and oxygen atoms in total. The molecule has 1 heterocycles. The van der Waals surface area contributed by atoms with Crippen LogP contribution in [0.1, 0.15) is 22.3 Å². The highest BCUT2D eigenvalue weighted by Crippen LogP contribution is 2.28. The molecule has 3 aromatic carbocycles. The predicted octanol–water partition coefficient (Wildman–Crippen LogP) is 5.75. The van der Waals surface area contributed by atoms with Gasteiger partial charge in [-0.3, -0.25) is 4.79 Å². The van der Waals surface area contributed by atoms with Gasteiger partial charge in [0.1, 0.15) is 18.1 Å². The van der Waals surface area contributed by atoms with Gasteiger partial charge in [0.2, 0.25) is 0 Å². The molecular weight excluding hydrogens is 616 g/mol. The number of aryl methyl sites for hydroxylation is 1. The maximum Gasteiger partial charge on any atom is 0.341 e. The molecule has 3 N–H and O–H groups in total. The van der Waals surface area contributed by atoms with Crippen molar-refractivity contribution >= 4 is 39.0 Å². The molecule has 45 heavy (non-hydrogen) atoms. The normalized spacial score (nSPS) is 15.3. The van der Waals surface area contributed by atoms with Crippen molar-refractivity contribution in [3.05, 3.63) is 131 Å². The molecule has 1 aliphatic heterocycles. The first-order valence-electron chi connectivity index (χ1n) is 14.2. The fourth-order valence-corrected chi connectivity index (χ4v) is 6.22. The van der Waals surface area contributed by atoms with Gasteiger partial charge in [-0.15, -0.1) is 0 Å². The number of carbonyl (C=O) groups excluding carboxylic acids is 1. The molecule has 0 bridgehead atoms. The van der Waals surface area contributed by atoms with Crippen molar-refractivity contribution in [3.8, 4) is 11.5 Å². The zero-order valence-corrected chi connectivity index (χ0v) is 25.7. The number of rotatable bonds is 13. The summed E-state index contributed by atoms with van der Waals surface area (Å²) in [6, 6.07) is 17.8. The van der Waals surface area contributed by atoms with Crippen molar-refractivity contribution in [2.24, 2.45) is 0 Å². The highest BCUT2D eigenvalue weighted by atomic mass is 35.5. The van der Waals surface area contributed by atoms with Crippen LogP contribution in [0.15, 0.2) is 119 Å². The van der Waals surface area contributed by atoms with E-state index < -0.39 is 28.3 Å². The quantitative estimate of drug-likeness (QED) is 0.214. The molecule has 0 aromatic heterocycles. The van der Waals surface area contributed by atoms with E-state index in [1.165, 1.54) is 29.8 Å². The number of nitrogens with one attached hydrogen (secondary N) is 2. The summed E-state index contributed by atoms with van der Waals surface area (Å²) in [6.07, 6.45) is 12.8. The molecule has 11 heteroatoms. The maximum absolute atomic E-state index is 13.3. The molecule has 2 aliphatic rings. The van der Waals surface area contributed by atoms with Crippen LogP contribution < -0.4 is 20.1 Å². The molecule has 1 amide bonds. The van der Waals surface area contributed by atoms with Crippen LogP contribution in [0, 0.1) is 0 Å². The van der Waals surface area contributed by atoms with Crippen molar-refractivity contribution in [1.82, 2.24) is 5.32 Å². The lowest BCUT2D eigenvalue weighted by Crippen LogP contribution is -2.33. The number of halogens is 1. The lowest BCUT2D eigenvalue weighted by atomic mass is 9.98. The van der Waals surface area contributed by atoms with Gasteiger partial charge in [-0.2, -0.15) is 0 Å². The Bertz CT molecular complexity index is 1810. The third kappa shape index (κ3) is 8.65. The first-order chi connectivity index (χ1) is 21.7. The number of amides is 1. The Labute approximate surface area is 266 Å². The van der Waals surface area contributed by atoms with Crippen molar-refractivity contribution in [1.29, 1.82) is 0 Å². The molecule has 1 atom stereocenters. The Balaban J connectivity index is 1.24. The van der Waals surface area contributed by atoms with Crippen LogP contribution in [0.3, 0.4) is 0 Å². The number of benzene rings is 3. The Hall–Kier alpha value is -4.80. The lowest BCUT2D eigenvalue weighted by molar-refractivity contribution is -0.139. The number of sulfone groups is 1. The smallest absolute Gasteiger partial charge is 0.341 e. The monoisotopic (exact) mass is 646 g/mol. The van der Waals surface area contributed by atoms with Crippen LogP contribution in [0.25, 0.3) is 0 Å². The highest BCUT2D eigenvalue weighted by Gasteiger charge is 2.18. The third-order valence-electron chi connectivity index (χ3n) is 7.07. The van der Waals surface area contributed by atoms with E-state index in [0.29, 0.717) is 29.2 Å². The first-order valence-corrected chi connectivity index (χ1v) is 16.2. The SMILES string of the molecule is O=C(O)COc1ccc(CCCS(=O)(=O)c2ccc(Cl)cc2)cc1NC(=O)c1cccc(OCC2=CC=C3C=CC=CC3N2)c1. The van der Waals surface area contributed by atoms with Crippen molar-refractivity contribution < 1.29 is 32.6 Å². The number of carbonyl (C=O) groups is 2. The second-order valence-electron chi connectivity index (χ2n) is 10.4. The summed E-state index contributed by atoms with van der Waals surface area (Å²) in [5.74, 6) is -1.04. The number of carboxylic acid groups (broad SMARTS) is 1. The minimum absolute atomic E-state index is 0.0847. The Morgan fingerprint density at radius 1 is 0.978 bits per heavy atom. The zero-order valence-electron chi connectivity index (χ0n) is 24.1. The van der Waals surface area contributed by atoms with Crippen molar-refractivity contribution in [2.45, 2.75) is 23.8 Å². The van der Waals surface area contributed by atoms with Crippen LogP contribution in [0.2, 0.25) is 5.02 Å². The van der Waals surface area contributed by atoms with Crippen LogP contribution in [-0.4, -0.2) is 50.4 Å². The van der Waals surface area contributed by atoms with Crippen LogP contribution in [0.4, 0.5) is 5.69 Å². The summed E-state index contributed by atoms with van der Waals surface area (Å²) < 4.78 is 36.8. The summed E-state index contributed by atoms with van der Waals surface area (Å²) in [5.41, 5.74) is 3.39. The Kier molecular flexibility index (Phi) is 10.1. The summed E-state index contributed by atoms with van der Waals surface area (Å²) in [6.45, 7) is -0.315. The van der Waals surface area contributed by atoms with Gasteiger partial charge >= 0.3 is 5.97 Å². The molecule has 0 fully saturated rings. The van der Waals surface area contributed by atoms with Gasteiger partial charge in [0, 0.05) is 16.3 Å². The van der Waals surface area contributed by atoms with Gasteiger partial charge in [0.25, 0.3) is 5.91 Å². The van der Waals surface area contributed by atoms with Gasteiger partial charge in [0.15, 0.2) is 16.4 Å². The Morgan fingerprint density at radius 2 is 1.80 bits per heavy atom. The summed E-state index contributed by atoms with van der Waals surface area (Å²) in [5, 5.41) is 15.8. The van der Waals surface area contributed by atoms with E-state index in [-0.39, 0.29) is 34.7 Å². The summed E-state index contributed by atoms with van der Waals surface area (Å²) in [4.78, 5) is 24.6. The molecule has 1 unspecified atom stereocenters. The van der Waals surface area contributed by atoms with Crippen LogP contribution in [0.5, 0.6) is 11.5 Å². The largest absolute Gasteiger partial charge is 0.487 e. The fourth-order valence-electron chi connectivity index (χ4n) is 4.79. The molecule has 0 spiro atoms. The molecule has 0 saturated carbocycles. The molecule has 0 saturated heterocycles. The number of hydrogen-bond acceptors (Lipinski definition) is 7. The minimum atomic E-state index is -3.51. The number of ether oxygens (including phenoxy) is 2. The number of fused-ring (bicyclic) bond motifs is 1. The minimum Gasteiger partial charge on any atom is -0.487 e. The Morgan fingerprint density at radius 3 is 2.60 bits per heavy atom. The lowest BCUT2D eigenvalue weighted by Gasteiger charge is -2.25. The van der Waals surface area contributed by atoms with E-state index in [9.17, 15) is 18.0 Å². The molecular formula is C34H31ClN2O7S. The standard InChI is InChI=1S/C34H31ClN2O7S/c35-26-12-15-29(16-13-26)45(41,42)18-4-5-23-10-17-32(44-22-33(38)39)31(19-23)37-34(40)25-7-3-8-28(20-25)43-21-27-14-11-24-6-1-2-9-30(24)36-27/h1-3,6-17,19-20,30,36H,4-5,18,21-22H2,(H,37,40)(H,38,39). The average Bonchev–Trinajstić information content (AvgIpc) is 3.03. The van der Waals surface area contributed by atoms with Crippen LogP contribution in [-0.2, 0) is 21.1 Å². The maximum atomic E-state index is 13.3. The first kappa shape index (κ1) is 31.6. The van der Waals surface area contributed by atoms with Gasteiger partial charge in [-0.05, 0) is 84.7 Å². The van der Waals surface area contributed by atoms with Gasteiger partial charge < -0.3 is 25.2 Å². The topological polar surface area (TPSA) is 131 Å². The molecule has 5 rings (SSSR count). The van der Waals surface area contributed by atoms with Gasteiger partial charge in [-0.25, -0.2) is 13.2 Å². The third-order valence-corrected chi connectivity index (χ3v) is 9.13. The number of anilines is 1. The highest BCUT2D eigenvalue weighted by molar-refractivity contribution is 7.91. The summed E-state index contributed by atoms with van der Waals surface area (Å²) >= 11 is 5.88. The number of aliphatic carboxylic acids is 1. The average molecular weight is 647 g/mol. The molecule has 1 aliphatic carbocycles. The van der Waals surface area contributed by atoms with E-state index in [1.54, 1.807) is 42.5 Å². The molecule has 232 valence electrons. The number of dihydropyridines is 1. The number of carboxylic acids is 1. The van der Waals surface area contributed by atoms with Crippen molar-refractivity contribution in [3.63, 3.8) is 0 Å². The number of hydrogen-bond donors (Lipinski definition) is 3.